The molecule has 0 fully saturated rings. The lowest BCUT2D eigenvalue weighted by atomic mass is 10.1. The quantitative estimate of drug-likeness (QED) is 0.943. The van der Waals surface area contributed by atoms with Gasteiger partial charge in [0.15, 0.2) is 0 Å². The number of nitrogens with zero attached hydrogens (tertiary/aromatic N) is 1. The zero-order chi connectivity index (χ0) is 16.4. The van der Waals surface area contributed by atoms with E-state index in [0.29, 0.717) is 18.0 Å². The molecule has 1 amide bonds. The molecule has 0 saturated heterocycles. The maximum Gasteiger partial charge on any atom is 0.249 e. The van der Waals surface area contributed by atoms with Crippen molar-refractivity contribution in [2.75, 3.05) is 24.4 Å². The molecule has 5 nitrogen and oxygen atoms in total. The second-order valence-electron chi connectivity index (χ2n) is 5.53. The number of methoxy groups -OCH3 is 2. The van der Waals surface area contributed by atoms with Crippen molar-refractivity contribution >= 4 is 17.3 Å². The fourth-order valence-electron chi connectivity index (χ4n) is 2.78. The molecule has 0 aliphatic carbocycles. The van der Waals surface area contributed by atoms with Crippen LogP contribution in [0.15, 0.2) is 42.5 Å². The van der Waals surface area contributed by atoms with Gasteiger partial charge in [0.25, 0.3) is 0 Å². The van der Waals surface area contributed by atoms with Crippen LogP contribution in [0.25, 0.3) is 0 Å². The summed E-state index contributed by atoms with van der Waals surface area (Å²) >= 11 is 0. The van der Waals surface area contributed by atoms with E-state index >= 15 is 0 Å². The van der Waals surface area contributed by atoms with Crippen LogP contribution >= 0.6 is 0 Å². The van der Waals surface area contributed by atoms with Crippen molar-refractivity contribution < 1.29 is 14.3 Å². The highest BCUT2D eigenvalue weighted by atomic mass is 16.5. The predicted octanol–water partition coefficient (Wildman–Crippen LogP) is 3.05. The molecular weight excluding hydrogens is 292 g/mol. The molecular formula is C18H20N2O3. The average Bonchev–Trinajstić information content (AvgIpc) is 2.58. The van der Waals surface area contributed by atoms with Gasteiger partial charge in [-0.25, -0.2) is 0 Å². The highest BCUT2D eigenvalue weighted by Crippen LogP contribution is 2.33. The highest BCUT2D eigenvalue weighted by molar-refractivity contribution is 6.04. The molecule has 0 aromatic heterocycles. The van der Waals surface area contributed by atoms with Crippen LogP contribution in [0, 0.1) is 0 Å². The van der Waals surface area contributed by atoms with E-state index in [4.69, 9.17) is 9.47 Å². The smallest absolute Gasteiger partial charge is 0.249 e. The zero-order valence-electron chi connectivity index (χ0n) is 13.5. The van der Waals surface area contributed by atoms with E-state index < -0.39 is 0 Å². The minimum absolute atomic E-state index is 0.0467. The van der Waals surface area contributed by atoms with E-state index in [0.717, 1.165) is 16.9 Å². The lowest BCUT2D eigenvalue weighted by molar-refractivity contribution is -0.119. The topological polar surface area (TPSA) is 50.8 Å². The molecule has 23 heavy (non-hydrogen) atoms. The van der Waals surface area contributed by atoms with Gasteiger partial charge in [-0.1, -0.05) is 12.1 Å². The number of nitrogens with one attached hydrogen (secondary N) is 1. The number of fused-ring (bicyclic) bond motifs is 1. The molecule has 1 N–H and O–H groups in total. The summed E-state index contributed by atoms with van der Waals surface area (Å²) in [5, 5.41) is 3.23. The van der Waals surface area contributed by atoms with Gasteiger partial charge in [-0.05, 0) is 36.8 Å². The van der Waals surface area contributed by atoms with E-state index in [1.54, 1.807) is 19.1 Å². The summed E-state index contributed by atoms with van der Waals surface area (Å²) in [4.78, 5) is 14.4. The molecule has 1 heterocycles. The zero-order valence-corrected chi connectivity index (χ0v) is 13.5. The van der Waals surface area contributed by atoms with Crippen LogP contribution in [-0.2, 0) is 11.3 Å². The van der Waals surface area contributed by atoms with Gasteiger partial charge in [0.05, 0.1) is 32.1 Å². The van der Waals surface area contributed by atoms with Gasteiger partial charge in [0.2, 0.25) is 5.91 Å². The van der Waals surface area contributed by atoms with Crippen LogP contribution in [0.3, 0.4) is 0 Å². The molecule has 120 valence electrons. The van der Waals surface area contributed by atoms with E-state index in [1.807, 2.05) is 49.4 Å². The second kappa shape index (κ2) is 6.20. The Morgan fingerprint density at radius 2 is 1.74 bits per heavy atom. The minimum Gasteiger partial charge on any atom is -0.497 e. The van der Waals surface area contributed by atoms with Crippen LogP contribution in [0.1, 0.15) is 12.5 Å². The van der Waals surface area contributed by atoms with Gasteiger partial charge in [-0.3, -0.25) is 4.79 Å². The number of ether oxygens (including phenoxy) is 2. The lowest BCUT2D eigenvalue weighted by Gasteiger charge is -2.34. The standard InChI is InChI=1S/C18H20N2O3/c1-12-18(21)20(17-7-5-4-6-16(17)19-12)11-13-8-14(22-2)10-15(9-13)23-3/h4-10,12,19H,11H2,1-3H3/t12-/m1/s1. The third-order valence-electron chi connectivity index (χ3n) is 3.96. The fourth-order valence-corrected chi connectivity index (χ4v) is 2.78. The number of hydrogen-bond donors (Lipinski definition) is 1. The monoisotopic (exact) mass is 312 g/mol. The number of rotatable bonds is 4. The summed E-state index contributed by atoms with van der Waals surface area (Å²) in [6.07, 6.45) is 0. The normalized spacial score (nSPS) is 16.6. The van der Waals surface area contributed by atoms with Crippen LogP contribution < -0.4 is 19.7 Å². The van der Waals surface area contributed by atoms with Crippen LogP contribution in [0.5, 0.6) is 11.5 Å². The molecule has 0 radical (unpaired) electrons. The number of carbonyl (C=O) groups is 1. The number of benzene rings is 2. The summed E-state index contributed by atoms with van der Waals surface area (Å²) in [5.74, 6) is 1.47. The molecule has 3 rings (SSSR count). The second-order valence-corrected chi connectivity index (χ2v) is 5.53. The Bertz CT molecular complexity index is 708. The Morgan fingerprint density at radius 3 is 2.39 bits per heavy atom. The lowest BCUT2D eigenvalue weighted by Crippen LogP contribution is -2.45. The van der Waals surface area contributed by atoms with Crippen molar-refractivity contribution in [1.29, 1.82) is 0 Å². The fraction of sp³-hybridized carbons (Fsp3) is 0.278. The van der Waals surface area contributed by atoms with Crippen molar-refractivity contribution in [3.05, 3.63) is 48.0 Å². The summed E-state index contributed by atoms with van der Waals surface area (Å²) in [6.45, 7) is 2.34. The highest BCUT2D eigenvalue weighted by Gasteiger charge is 2.29. The number of hydrogen-bond acceptors (Lipinski definition) is 4. The van der Waals surface area contributed by atoms with Crippen molar-refractivity contribution in [2.24, 2.45) is 0 Å². The number of anilines is 2. The van der Waals surface area contributed by atoms with Gasteiger partial charge < -0.3 is 19.7 Å². The molecule has 0 spiro atoms. The number of amides is 1. The Morgan fingerprint density at radius 1 is 1.09 bits per heavy atom. The number of para-hydroxylation sites is 2. The van der Waals surface area contributed by atoms with Gasteiger partial charge in [-0.2, -0.15) is 0 Å². The SMILES string of the molecule is COc1cc(CN2C(=O)[C@@H](C)Nc3ccccc32)cc(OC)c1. The molecule has 2 aromatic carbocycles. The maximum absolute atomic E-state index is 12.6. The van der Waals surface area contributed by atoms with Crippen LogP contribution in [0.4, 0.5) is 11.4 Å². The largest absolute Gasteiger partial charge is 0.497 e. The van der Waals surface area contributed by atoms with Crippen molar-refractivity contribution in [1.82, 2.24) is 0 Å². The number of carbonyl (C=O) groups excluding carboxylic acids is 1. The third kappa shape index (κ3) is 2.95. The molecule has 0 unspecified atom stereocenters. The van der Waals surface area contributed by atoms with E-state index in [2.05, 4.69) is 5.32 Å². The van der Waals surface area contributed by atoms with Gasteiger partial charge in [0.1, 0.15) is 17.5 Å². The molecule has 2 aromatic rings. The molecule has 1 atom stereocenters. The van der Waals surface area contributed by atoms with Gasteiger partial charge >= 0.3 is 0 Å². The Balaban J connectivity index is 1.97. The van der Waals surface area contributed by atoms with Crippen LogP contribution in [0.2, 0.25) is 0 Å². The molecule has 1 aliphatic heterocycles. The first kappa shape index (κ1) is 15.2. The predicted molar refractivity (Wildman–Crippen MR) is 90.3 cm³/mol. The summed E-state index contributed by atoms with van der Waals surface area (Å²) in [5.41, 5.74) is 2.81. The Hall–Kier alpha value is -2.69. The first-order valence-corrected chi connectivity index (χ1v) is 7.51. The molecule has 1 aliphatic rings. The maximum atomic E-state index is 12.6. The Labute approximate surface area is 135 Å². The minimum atomic E-state index is -0.252. The van der Waals surface area contributed by atoms with Crippen molar-refractivity contribution in [3.63, 3.8) is 0 Å². The van der Waals surface area contributed by atoms with E-state index in [1.165, 1.54) is 0 Å². The van der Waals surface area contributed by atoms with E-state index in [9.17, 15) is 4.79 Å². The van der Waals surface area contributed by atoms with Gasteiger partial charge in [-0.15, -0.1) is 0 Å². The van der Waals surface area contributed by atoms with E-state index in [-0.39, 0.29) is 11.9 Å². The molecule has 0 saturated carbocycles. The van der Waals surface area contributed by atoms with Crippen LogP contribution in [-0.4, -0.2) is 26.2 Å². The van der Waals surface area contributed by atoms with Crippen molar-refractivity contribution in [2.45, 2.75) is 19.5 Å². The summed E-state index contributed by atoms with van der Waals surface area (Å²) < 4.78 is 10.6. The summed E-state index contributed by atoms with van der Waals surface area (Å²) in [6, 6.07) is 13.2. The van der Waals surface area contributed by atoms with Gasteiger partial charge in [0, 0.05) is 6.07 Å². The molecule has 5 heteroatoms. The first-order chi connectivity index (χ1) is 11.1. The summed E-state index contributed by atoms with van der Waals surface area (Å²) in [7, 11) is 3.23. The first-order valence-electron chi connectivity index (χ1n) is 7.51. The Kier molecular flexibility index (Phi) is 4.10. The molecule has 0 bridgehead atoms. The average molecular weight is 312 g/mol. The van der Waals surface area contributed by atoms with Crippen molar-refractivity contribution in [3.8, 4) is 11.5 Å². The third-order valence-corrected chi connectivity index (χ3v) is 3.96.